The van der Waals surface area contributed by atoms with Gasteiger partial charge in [0.05, 0.1) is 19.8 Å². The van der Waals surface area contributed by atoms with Gasteiger partial charge in [-0.1, -0.05) is 6.42 Å². The summed E-state index contributed by atoms with van der Waals surface area (Å²) in [5.74, 6) is 0. The average Bonchev–Trinajstić information content (AvgIpc) is 2.24. The van der Waals surface area contributed by atoms with Gasteiger partial charge in [0.2, 0.25) is 0 Å². The van der Waals surface area contributed by atoms with E-state index in [2.05, 4.69) is 11.9 Å². The Bertz CT molecular complexity index is 123. The summed E-state index contributed by atoms with van der Waals surface area (Å²) in [6.45, 7) is 5.10. The molecule has 0 aromatic rings. The minimum atomic E-state index is 0.681. The van der Waals surface area contributed by atoms with E-state index in [1.54, 1.807) is 7.11 Å². The van der Waals surface area contributed by atoms with E-state index in [9.17, 15) is 0 Å². The fourth-order valence-electron chi connectivity index (χ4n) is 1.28. The molecule has 0 aliphatic rings. The lowest BCUT2D eigenvalue weighted by Crippen LogP contribution is -2.25. The number of ether oxygens (including phenoxy) is 2. The largest absolute Gasteiger partial charge is 0.382 e. The van der Waals surface area contributed by atoms with E-state index >= 15 is 0 Å². The first-order chi connectivity index (χ1) is 7.31. The van der Waals surface area contributed by atoms with Crippen molar-refractivity contribution in [2.75, 3.05) is 53.6 Å². The van der Waals surface area contributed by atoms with Gasteiger partial charge in [-0.15, -0.1) is 0 Å². The van der Waals surface area contributed by atoms with Gasteiger partial charge in [0, 0.05) is 13.7 Å². The third-order valence-corrected chi connectivity index (χ3v) is 2.29. The number of methoxy groups -OCH3 is 1. The summed E-state index contributed by atoms with van der Waals surface area (Å²) in [5.41, 5.74) is 5.43. The molecule has 0 spiro atoms. The van der Waals surface area contributed by atoms with E-state index in [0.717, 1.165) is 32.7 Å². The highest BCUT2D eigenvalue weighted by molar-refractivity contribution is 4.52. The molecule has 0 radical (unpaired) electrons. The molecule has 0 amide bonds. The maximum Gasteiger partial charge on any atom is 0.0700 e. The van der Waals surface area contributed by atoms with Gasteiger partial charge in [-0.3, -0.25) is 0 Å². The van der Waals surface area contributed by atoms with Crippen molar-refractivity contribution in [3.63, 3.8) is 0 Å². The molecule has 15 heavy (non-hydrogen) atoms. The Morgan fingerprint density at radius 2 is 1.80 bits per heavy atom. The third kappa shape index (κ3) is 11.8. The molecule has 0 fully saturated rings. The Hall–Kier alpha value is -0.160. The van der Waals surface area contributed by atoms with Crippen LogP contribution < -0.4 is 5.73 Å². The molecule has 4 heteroatoms. The van der Waals surface area contributed by atoms with Gasteiger partial charge in [0.25, 0.3) is 0 Å². The Balaban J connectivity index is 3.08. The third-order valence-electron chi connectivity index (χ3n) is 2.29. The molecule has 0 rings (SSSR count). The lowest BCUT2D eigenvalue weighted by atomic mass is 10.2. The molecule has 0 atom stereocenters. The van der Waals surface area contributed by atoms with Crippen LogP contribution in [0.4, 0.5) is 0 Å². The number of unbranched alkanes of at least 4 members (excludes halogenated alkanes) is 2. The zero-order valence-corrected chi connectivity index (χ0v) is 10.2. The van der Waals surface area contributed by atoms with Crippen LogP contribution in [-0.4, -0.2) is 58.5 Å². The van der Waals surface area contributed by atoms with Gasteiger partial charge >= 0.3 is 0 Å². The molecule has 0 saturated heterocycles. The monoisotopic (exact) mass is 218 g/mol. The summed E-state index contributed by atoms with van der Waals surface area (Å²) >= 11 is 0. The summed E-state index contributed by atoms with van der Waals surface area (Å²) in [7, 11) is 3.81. The molecular weight excluding hydrogens is 192 g/mol. The van der Waals surface area contributed by atoms with E-state index in [4.69, 9.17) is 15.2 Å². The predicted molar refractivity (Wildman–Crippen MR) is 63.1 cm³/mol. The Labute approximate surface area is 93.7 Å². The van der Waals surface area contributed by atoms with E-state index in [1.807, 2.05) is 0 Å². The van der Waals surface area contributed by atoms with Crippen molar-refractivity contribution in [1.29, 1.82) is 0 Å². The first-order valence-corrected chi connectivity index (χ1v) is 5.76. The molecule has 0 aromatic heterocycles. The normalized spacial score (nSPS) is 11.2. The van der Waals surface area contributed by atoms with Gasteiger partial charge in [0.15, 0.2) is 0 Å². The molecular formula is C11H26N2O2. The average molecular weight is 218 g/mol. The summed E-state index contributed by atoms with van der Waals surface area (Å²) in [6, 6.07) is 0. The second-order valence-electron chi connectivity index (χ2n) is 3.76. The standard InChI is InChI=1S/C11H26N2O2/c1-13(7-5-3-4-6-12)8-9-15-11-10-14-2/h3-12H2,1-2H3. The van der Waals surface area contributed by atoms with Crippen molar-refractivity contribution in [2.45, 2.75) is 19.3 Å². The number of nitrogens with zero attached hydrogens (tertiary/aromatic N) is 1. The van der Waals surface area contributed by atoms with E-state index in [-0.39, 0.29) is 0 Å². The number of rotatable bonds is 11. The van der Waals surface area contributed by atoms with Crippen LogP contribution in [0.5, 0.6) is 0 Å². The van der Waals surface area contributed by atoms with Crippen LogP contribution in [0.2, 0.25) is 0 Å². The first kappa shape index (κ1) is 14.8. The van der Waals surface area contributed by atoms with Crippen molar-refractivity contribution in [1.82, 2.24) is 4.90 Å². The first-order valence-electron chi connectivity index (χ1n) is 5.76. The Morgan fingerprint density at radius 3 is 2.47 bits per heavy atom. The lowest BCUT2D eigenvalue weighted by Gasteiger charge is -2.16. The Kier molecular flexibility index (Phi) is 11.8. The molecule has 92 valence electrons. The van der Waals surface area contributed by atoms with Crippen LogP contribution in [0.25, 0.3) is 0 Å². The highest BCUT2D eigenvalue weighted by Crippen LogP contribution is 1.95. The number of hydrogen-bond donors (Lipinski definition) is 1. The molecule has 0 aliphatic carbocycles. The summed E-state index contributed by atoms with van der Waals surface area (Å²) in [4.78, 5) is 2.29. The van der Waals surface area contributed by atoms with Crippen molar-refractivity contribution < 1.29 is 9.47 Å². The fraction of sp³-hybridized carbons (Fsp3) is 1.00. The molecule has 0 unspecified atom stereocenters. The summed E-state index contributed by atoms with van der Waals surface area (Å²) in [6.07, 6.45) is 3.59. The smallest absolute Gasteiger partial charge is 0.0700 e. The van der Waals surface area contributed by atoms with Crippen molar-refractivity contribution in [3.05, 3.63) is 0 Å². The van der Waals surface area contributed by atoms with Gasteiger partial charge < -0.3 is 20.1 Å². The van der Waals surface area contributed by atoms with Crippen LogP contribution in [0, 0.1) is 0 Å². The summed E-state index contributed by atoms with van der Waals surface area (Å²) in [5, 5.41) is 0. The zero-order valence-electron chi connectivity index (χ0n) is 10.2. The van der Waals surface area contributed by atoms with E-state index in [0.29, 0.717) is 13.2 Å². The molecule has 0 heterocycles. The van der Waals surface area contributed by atoms with E-state index in [1.165, 1.54) is 12.8 Å². The SMILES string of the molecule is COCCOCCN(C)CCCCCN. The van der Waals surface area contributed by atoms with Crippen LogP contribution in [0.3, 0.4) is 0 Å². The van der Waals surface area contributed by atoms with Gasteiger partial charge in [-0.05, 0) is 33.0 Å². The van der Waals surface area contributed by atoms with Gasteiger partial charge in [0.1, 0.15) is 0 Å². The highest BCUT2D eigenvalue weighted by atomic mass is 16.5. The maximum atomic E-state index is 5.43. The van der Waals surface area contributed by atoms with Gasteiger partial charge in [-0.25, -0.2) is 0 Å². The van der Waals surface area contributed by atoms with Crippen molar-refractivity contribution in [3.8, 4) is 0 Å². The fourth-order valence-corrected chi connectivity index (χ4v) is 1.28. The predicted octanol–water partition coefficient (Wildman–Crippen LogP) is 0.710. The molecule has 4 nitrogen and oxygen atoms in total. The molecule has 0 aromatic carbocycles. The minimum absolute atomic E-state index is 0.681. The molecule has 0 aliphatic heterocycles. The molecule has 0 saturated carbocycles. The highest BCUT2D eigenvalue weighted by Gasteiger charge is 1.97. The minimum Gasteiger partial charge on any atom is -0.382 e. The van der Waals surface area contributed by atoms with Gasteiger partial charge in [-0.2, -0.15) is 0 Å². The van der Waals surface area contributed by atoms with Crippen LogP contribution in [-0.2, 0) is 9.47 Å². The number of hydrogen-bond acceptors (Lipinski definition) is 4. The topological polar surface area (TPSA) is 47.7 Å². The van der Waals surface area contributed by atoms with Crippen LogP contribution in [0.1, 0.15) is 19.3 Å². The van der Waals surface area contributed by atoms with Crippen LogP contribution >= 0.6 is 0 Å². The quantitative estimate of drug-likeness (QED) is 0.519. The van der Waals surface area contributed by atoms with Crippen molar-refractivity contribution >= 4 is 0 Å². The van der Waals surface area contributed by atoms with Crippen molar-refractivity contribution in [2.24, 2.45) is 5.73 Å². The second kappa shape index (κ2) is 11.9. The summed E-state index contributed by atoms with van der Waals surface area (Å²) < 4.78 is 10.3. The zero-order chi connectivity index (χ0) is 11.4. The Morgan fingerprint density at radius 1 is 1.00 bits per heavy atom. The van der Waals surface area contributed by atoms with Crippen LogP contribution in [0.15, 0.2) is 0 Å². The number of likely N-dealkylation sites (N-methyl/N-ethyl adjacent to an activating group) is 1. The lowest BCUT2D eigenvalue weighted by molar-refractivity contribution is 0.0604. The maximum absolute atomic E-state index is 5.43. The second-order valence-corrected chi connectivity index (χ2v) is 3.76. The molecule has 2 N–H and O–H groups in total. The van der Waals surface area contributed by atoms with E-state index < -0.39 is 0 Å². The molecule has 0 bridgehead atoms. The number of nitrogens with two attached hydrogens (primary N) is 1.